The van der Waals surface area contributed by atoms with Crippen LogP contribution in [0.2, 0.25) is 0 Å². The van der Waals surface area contributed by atoms with Gasteiger partial charge in [0.25, 0.3) is 0 Å². The minimum atomic E-state index is -0.0785. The number of rotatable bonds is 10. The Morgan fingerprint density at radius 2 is 1.15 bits per heavy atom. The molecule has 0 unspecified atom stereocenters. The van der Waals surface area contributed by atoms with E-state index >= 15 is 0 Å². The fourth-order valence-electron chi connectivity index (χ4n) is 3.47. The molecule has 3 rings (SSSR count). The van der Waals surface area contributed by atoms with E-state index in [0.717, 1.165) is 22.6 Å². The van der Waals surface area contributed by atoms with Gasteiger partial charge in [-0.25, -0.2) is 0 Å². The molecule has 0 spiro atoms. The molecule has 3 aromatic rings. The van der Waals surface area contributed by atoms with Crippen molar-refractivity contribution < 1.29 is 28.5 Å². The van der Waals surface area contributed by atoms with E-state index in [0.29, 0.717) is 29.5 Å². The summed E-state index contributed by atoms with van der Waals surface area (Å²) in [5, 5.41) is 0. The molecular formula is C26H29NO6. The van der Waals surface area contributed by atoms with Crippen LogP contribution in [-0.4, -0.2) is 41.5 Å². The molecule has 0 N–H and O–H groups in total. The molecule has 1 amide bonds. The summed E-state index contributed by atoms with van der Waals surface area (Å²) in [6.07, 6.45) is 0.219. The van der Waals surface area contributed by atoms with E-state index in [1.54, 1.807) is 52.6 Å². The first kappa shape index (κ1) is 23.8. The normalized spacial score (nSPS) is 10.3. The largest absolute Gasteiger partial charge is 0.497 e. The van der Waals surface area contributed by atoms with Crippen LogP contribution in [-0.2, 0) is 17.8 Å². The van der Waals surface area contributed by atoms with Gasteiger partial charge in [0.05, 0.1) is 54.2 Å². The molecule has 0 fully saturated rings. The summed E-state index contributed by atoms with van der Waals surface area (Å²) in [4.78, 5) is 15.2. The van der Waals surface area contributed by atoms with Gasteiger partial charge in [-0.3, -0.25) is 4.79 Å². The minimum Gasteiger partial charge on any atom is -0.497 e. The minimum absolute atomic E-state index is 0.0785. The highest BCUT2D eigenvalue weighted by molar-refractivity contribution is 5.95. The number of hydrogen-bond acceptors (Lipinski definition) is 6. The predicted molar refractivity (Wildman–Crippen MR) is 127 cm³/mol. The molecule has 0 heterocycles. The molecule has 0 saturated heterocycles. The monoisotopic (exact) mass is 451 g/mol. The second-order valence-electron chi connectivity index (χ2n) is 7.24. The van der Waals surface area contributed by atoms with Crippen molar-refractivity contribution in [3.8, 4) is 28.7 Å². The van der Waals surface area contributed by atoms with Crippen LogP contribution in [0.5, 0.6) is 28.7 Å². The van der Waals surface area contributed by atoms with Crippen LogP contribution in [0.4, 0.5) is 5.69 Å². The summed E-state index contributed by atoms with van der Waals surface area (Å²) in [5.74, 6) is 2.84. The van der Waals surface area contributed by atoms with E-state index in [1.807, 2.05) is 48.5 Å². The lowest BCUT2D eigenvalue weighted by atomic mass is 10.1. The lowest BCUT2D eigenvalue weighted by Crippen LogP contribution is -2.31. The fourth-order valence-corrected chi connectivity index (χ4v) is 3.47. The Kier molecular flexibility index (Phi) is 8.02. The van der Waals surface area contributed by atoms with E-state index in [1.165, 1.54) is 0 Å². The molecule has 33 heavy (non-hydrogen) atoms. The van der Waals surface area contributed by atoms with Crippen LogP contribution in [0.15, 0.2) is 60.7 Å². The van der Waals surface area contributed by atoms with Crippen LogP contribution in [0.3, 0.4) is 0 Å². The number of carbonyl (C=O) groups excluding carboxylic acids is 1. The number of methoxy groups -OCH3 is 5. The summed E-state index contributed by atoms with van der Waals surface area (Å²) in [6, 6.07) is 18.6. The smallest absolute Gasteiger partial charge is 0.231 e. The summed E-state index contributed by atoms with van der Waals surface area (Å²) < 4.78 is 26.9. The van der Waals surface area contributed by atoms with Crippen molar-refractivity contribution in [2.45, 2.75) is 13.0 Å². The lowest BCUT2D eigenvalue weighted by Gasteiger charge is -2.25. The number of carbonyl (C=O) groups is 1. The van der Waals surface area contributed by atoms with Crippen LogP contribution in [0.1, 0.15) is 11.1 Å². The molecule has 0 atom stereocenters. The highest BCUT2D eigenvalue weighted by Gasteiger charge is 2.22. The summed E-state index contributed by atoms with van der Waals surface area (Å²) in [6.45, 7) is 0.359. The van der Waals surface area contributed by atoms with Gasteiger partial charge in [0.15, 0.2) is 11.5 Å². The van der Waals surface area contributed by atoms with Crippen molar-refractivity contribution in [2.75, 3.05) is 40.4 Å². The fraction of sp³-hybridized carbons (Fsp3) is 0.269. The molecule has 0 aliphatic carbocycles. The zero-order valence-corrected chi connectivity index (χ0v) is 19.6. The molecule has 0 bridgehead atoms. The standard InChI is InChI=1S/C26H29NO6/c1-29-21-10-6-18(7-11-21)14-25(28)27(17-19-8-12-22(30-2)13-9-19)20-15-23(31-3)26(33-5)24(16-20)32-4/h6-13,15-16H,14,17H2,1-5H3. The van der Waals surface area contributed by atoms with Gasteiger partial charge < -0.3 is 28.6 Å². The Morgan fingerprint density at radius 1 is 0.667 bits per heavy atom. The van der Waals surface area contributed by atoms with Gasteiger partial charge in [-0.15, -0.1) is 0 Å². The number of anilines is 1. The van der Waals surface area contributed by atoms with Gasteiger partial charge >= 0.3 is 0 Å². The molecule has 3 aromatic carbocycles. The molecule has 174 valence electrons. The SMILES string of the molecule is COc1ccc(CC(=O)N(Cc2ccc(OC)cc2)c2cc(OC)c(OC)c(OC)c2)cc1. The van der Waals surface area contributed by atoms with Crippen LogP contribution < -0.4 is 28.6 Å². The lowest BCUT2D eigenvalue weighted by molar-refractivity contribution is -0.118. The Hall–Kier alpha value is -3.87. The molecule has 0 saturated carbocycles. The van der Waals surface area contributed by atoms with Crippen molar-refractivity contribution in [3.05, 3.63) is 71.8 Å². The van der Waals surface area contributed by atoms with Crippen molar-refractivity contribution >= 4 is 11.6 Å². The van der Waals surface area contributed by atoms with Crippen molar-refractivity contribution in [2.24, 2.45) is 0 Å². The molecular weight excluding hydrogens is 422 g/mol. The molecule has 7 nitrogen and oxygen atoms in total. The number of ether oxygens (including phenoxy) is 5. The van der Waals surface area contributed by atoms with Crippen molar-refractivity contribution in [3.63, 3.8) is 0 Å². The number of nitrogens with zero attached hydrogens (tertiary/aromatic N) is 1. The van der Waals surface area contributed by atoms with E-state index < -0.39 is 0 Å². The van der Waals surface area contributed by atoms with Gasteiger partial charge in [0.2, 0.25) is 11.7 Å². The highest BCUT2D eigenvalue weighted by Crippen LogP contribution is 2.41. The Balaban J connectivity index is 1.99. The van der Waals surface area contributed by atoms with Crippen LogP contribution >= 0.6 is 0 Å². The quantitative estimate of drug-likeness (QED) is 0.452. The summed E-state index contributed by atoms with van der Waals surface area (Å²) in [7, 11) is 7.88. The summed E-state index contributed by atoms with van der Waals surface area (Å²) >= 11 is 0. The Morgan fingerprint density at radius 3 is 1.58 bits per heavy atom. The average Bonchev–Trinajstić information content (AvgIpc) is 2.87. The third-order valence-electron chi connectivity index (χ3n) is 5.28. The number of hydrogen-bond donors (Lipinski definition) is 0. The van der Waals surface area contributed by atoms with Gasteiger partial charge in [-0.2, -0.15) is 0 Å². The second-order valence-corrected chi connectivity index (χ2v) is 7.24. The van der Waals surface area contributed by atoms with E-state index in [-0.39, 0.29) is 12.3 Å². The maximum atomic E-state index is 13.5. The van der Waals surface area contributed by atoms with E-state index in [9.17, 15) is 4.79 Å². The van der Waals surface area contributed by atoms with Gasteiger partial charge in [0.1, 0.15) is 11.5 Å². The third-order valence-corrected chi connectivity index (χ3v) is 5.28. The average molecular weight is 452 g/mol. The van der Waals surface area contributed by atoms with Gasteiger partial charge in [-0.1, -0.05) is 24.3 Å². The molecule has 0 radical (unpaired) electrons. The van der Waals surface area contributed by atoms with Crippen LogP contribution in [0.25, 0.3) is 0 Å². The molecule has 0 aliphatic heterocycles. The predicted octanol–water partition coefficient (Wildman–Crippen LogP) is 4.51. The zero-order valence-electron chi connectivity index (χ0n) is 19.6. The van der Waals surface area contributed by atoms with Crippen molar-refractivity contribution in [1.82, 2.24) is 0 Å². The topological polar surface area (TPSA) is 66.5 Å². The van der Waals surface area contributed by atoms with Crippen molar-refractivity contribution in [1.29, 1.82) is 0 Å². The van der Waals surface area contributed by atoms with Gasteiger partial charge in [0, 0.05) is 12.1 Å². The zero-order chi connectivity index (χ0) is 23.8. The first-order valence-corrected chi connectivity index (χ1v) is 10.4. The van der Waals surface area contributed by atoms with Gasteiger partial charge in [-0.05, 0) is 35.4 Å². The summed E-state index contributed by atoms with van der Waals surface area (Å²) in [5.41, 5.74) is 2.47. The maximum Gasteiger partial charge on any atom is 0.231 e. The maximum absolute atomic E-state index is 13.5. The molecule has 0 aliphatic rings. The highest BCUT2D eigenvalue weighted by atomic mass is 16.5. The number of amides is 1. The first-order valence-electron chi connectivity index (χ1n) is 10.4. The van der Waals surface area contributed by atoms with E-state index in [4.69, 9.17) is 23.7 Å². The number of benzene rings is 3. The van der Waals surface area contributed by atoms with E-state index in [2.05, 4.69) is 0 Å². The third kappa shape index (κ3) is 5.68. The molecule has 7 heteroatoms. The van der Waals surface area contributed by atoms with Crippen LogP contribution in [0, 0.1) is 0 Å². The molecule has 0 aromatic heterocycles. The first-order chi connectivity index (χ1) is 16.0. The second kappa shape index (κ2) is 11.1. The Bertz CT molecular complexity index is 1040. The Labute approximate surface area is 194 Å².